The Labute approximate surface area is 189 Å². The van der Waals surface area contributed by atoms with Gasteiger partial charge in [0.1, 0.15) is 6.04 Å². The Kier molecular flexibility index (Phi) is 10.8. The molecular formula is C24H31ClN2O2S. The van der Waals surface area contributed by atoms with Gasteiger partial charge in [0.25, 0.3) is 0 Å². The topological polar surface area (TPSA) is 49.4 Å². The highest BCUT2D eigenvalue weighted by atomic mass is 35.5. The SMILES string of the molecule is CCCCNC(=O)[C@H](C)N(CCc1ccccc1)C(=O)CCSc1ccc(Cl)cc1. The minimum absolute atomic E-state index is 0.00513. The molecule has 2 aromatic rings. The van der Waals surface area contributed by atoms with Crippen molar-refractivity contribution in [2.24, 2.45) is 0 Å². The predicted octanol–water partition coefficient (Wildman–Crippen LogP) is 5.20. The number of benzene rings is 2. The molecule has 2 rings (SSSR count). The molecule has 0 aliphatic heterocycles. The minimum Gasteiger partial charge on any atom is -0.354 e. The van der Waals surface area contributed by atoms with Gasteiger partial charge in [0, 0.05) is 35.2 Å². The molecule has 0 spiro atoms. The molecule has 2 aromatic carbocycles. The first kappa shape index (κ1) is 24.3. The van der Waals surface area contributed by atoms with Crippen LogP contribution in [0.4, 0.5) is 0 Å². The first-order valence-corrected chi connectivity index (χ1v) is 11.9. The number of unbranched alkanes of at least 4 members (excludes halogenated alkanes) is 1. The van der Waals surface area contributed by atoms with E-state index < -0.39 is 6.04 Å². The van der Waals surface area contributed by atoms with Crippen molar-refractivity contribution in [3.8, 4) is 0 Å². The molecule has 0 fully saturated rings. The largest absolute Gasteiger partial charge is 0.354 e. The normalized spacial score (nSPS) is 11.7. The van der Waals surface area contributed by atoms with Crippen molar-refractivity contribution in [2.75, 3.05) is 18.8 Å². The molecule has 0 radical (unpaired) electrons. The molecule has 0 unspecified atom stereocenters. The molecule has 4 nitrogen and oxygen atoms in total. The molecule has 0 aliphatic carbocycles. The molecule has 0 aromatic heterocycles. The number of halogens is 1. The molecule has 1 N–H and O–H groups in total. The van der Waals surface area contributed by atoms with E-state index in [1.807, 2.05) is 61.5 Å². The molecule has 0 heterocycles. The van der Waals surface area contributed by atoms with Crippen LogP contribution in [-0.2, 0) is 16.0 Å². The highest BCUT2D eigenvalue weighted by Crippen LogP contribution is 2.21. The molecule has 6 heteroatoms. The van der Waals surface area contributed by atoms with Crippen molar-refractivity contribution in [1.82, 2.24) is 10.2 Å². The van der Waals surface area contributed by atoms with Crippen molar-refractivity contribution < 1.29 is 9.59 Å². The third kappa shape index (κ3) is 8.41. The number of hydrogen-bond donors (Lipinski definition) is 1. The van der Waals surface area contributed by atoms with E-state index in [1.54, 1.807) is 16.7 Å². The van der Waals surface area contributed by atoms with Crippen LogP contribution in [0.3, 0.4) is 0 Å². The third-order valence-corrected chi connectivity index (χ3v) is 6.15. The summed E-state index contributed by atoms with van der Waals surface area (Å²) in [4.78, 5) is 28.4. The molecular weight excluding hydrogens is 416 g/mol. The quantitative estimate of drug-likeness (QED) is 0.360. The Balaban J connectivity index is 1.96. The maximum atomic E-state index is 13.0. The fourth-order valence-electron chi connectivity index (χ4n) is 3.04. The zero-order valence-electron chi connectivity index (χ0n) is 17.8. The van der Waals surface area contributed by atoms with Gasteiger partial charge in [0.2, 0.25) is 11.8 Å². The fraction of sp³-hybridized carbons (Fsp3) is 0.417. The van der Waals surface area contributed by atoms with E-state index in [0.29, 0.717) is 30.3 Å². The van der Waals surface area contributed by atoms with Crippen molar-refractivity contribution in [3.63, 3.8) is 0 Å². The van der Waals surface area contributed by atoms with Crippen molar-refractivity contribution in [1.29, 1.82) is 0 Å². The second-order valence-corrected chi connectivity index (χ2v) is 8.80. The van der Waals surface area contributed by atoms with Gasteiger partial charge in [-0.1, -0.05) is 55.3 Å². The van der Waals surface area contributed by atoms with Gasteiger partial charge >= 0.3 is 0 Å². The Morgan fingerprint density at radius 3 is 2.47 bits per heavy atom. The van der Waals surface area contributed by atoms with Crippen LogP contribution < -0.4 is 5.32 Å². The van der Waals surface area contributed by atoms with Gasteiger partial charge in [-0.15, -0.1) is 11.8 Å². The van der Waals surface area contributed by atoms with E-state index in [-0.39, 0.29) is 11.8 Å². The Hall–Kier alpha value is -1.98. The Bertz CT molecular complexity index is 784. The van der Waals surface area contributed by atoms with Crippen LogP contribution in [0, 0.1) is 0 Å². The van der Waals surface area contributed by atoms with Gasteiger partial charge in [-0.05, 0) is 49.6 Å². The van der Waals surface area contributed by atoms with Crippen LogP contribution in [-0.4, -0.2) is 41.6 Å². The summed E-state index contributed by atoms with van der Waals surface area (Å²) in [5.74, 6) is 0.577. The second-order valence-electron chi connectivity index (χ2n) is 7.20. The zero-order chi connectivity index (χ0) is 21.8. The molecule has 0 saturated carbocycles. The summed E-state index contributed by atoms with van der Waals surface area (Å²) in [5, 5.41) is 3.65. The number of thioether (sulfide) groups is 1. The van der Waals surface area contributed by atoms with Gasteiger partial charge in [0.15, 0.2) is 0 Å². The zero-order valence-corrected chi connectivity index (χ0v) is 19.3. The summed E-state index contributed by atoms with van der Waals surface area (Å²) >= 11 is 7.54. The lowest BCUT2D eigenvalue weighted by atomic mass is 10.1. The molecule has 1 atom stereocenters. The highest BCUT2D eigenvalue weighted by Gasteiger charge is 2.25. The van der Waals surface area contributed by atoms with Crippen LogP contribution in [0.2, 0.25) is 5.02 Å². The van der Waals surface area contributed by atoms with Crippen molar-refractivity contribution >= 4 is 35.2 Å². The molecule has 0 bridgehead atoms. The number of hydrogen-bond acceptors (Lipinski definition) is 3. The fourth-order valence-corrected chi connectivity index (χ4v) is 4.00. The van der Waals surface area contributed by atoms with E-state index in [9.17, 15) is 9.59 Å². The maximum absolute atomic E-state index is 13.0. The predicted molar refractivity (Wildman–Crippen MR) is 126 cm³/mol. The standard InChI is InChI=1S/C24H31ClN2O2S/c1-3-4-16-26-24(29)19(2)27(17-14-20-8-6-5-7-9-20)23(28)15-18-30-22-12-10-21(25)11-13-22/h5-13,19H,3-4,14-18H2,1-2H3,(H,26,29)/t19-/m0/s1. The molecule has 30 heavy (non-hydrogen) atoms. The van der Waals surface area contributed by atoms with E-state index in [2.05, 4.69) is 12.2 Å². The molecule has 0 aliphatic rings. The van der Waals surface area contributed by atoms with E-state index in [4.69, 9.17) is 11.6 Å². The van der Waals surface area contributed by atoms with Gasteiger partial charge in [-0.2, -0.15) is 0 Å². The van der Waals surface area contributed by atoms with Gasteiger partial charge in [-0.25, -0.2) is 0 Å². The Morgan fingerprint density at radius 2 is 1.80 bits per heavy atom. The summed E-state index contributed by atoms with van der Waals surface area (Å²) in [5.41, 5.74) is 1.16. The first-order chi connectivity index (χ1) is 14.5. The van der Waals surface area contributed by atoms with E-state index >= 15 is 0 Å². The lowest BCUT2D eigenvalue weighted by Crippen LogP contribution is -2.49. The summed E-state index contributed by atoms with van der Waals surface area (Å²) in [6.45, 7) is 5.07. The molecule has 162 valence electrons. The number of nitrogens with one attached hydrogen (secondary N) is 1. The summed E-state index contributed by atoms with van der Waals surface area (Å²) < 4.78 is 0. The van der Waals surface area contributed by atoms with Crippen molar-refractivity contribution in [3.05, 3.63) is 65.2 Å². The highest BCUT2D eigenvalue weighted by molar-refractivity contribution is 7.99. The van der Waals surface area contributed by atoms with Crippen LogP contribution in [0.5, 0.6) is 0 Å². The van der Waals surface area contributed by atoms with Crippen LogP contribution in [0.15, 0.2) is 59.5 Å². The minimum atomic E-state index is -0.487. The number of carbonyl (C=O) groups excluding carboxylic acids is 2. The number of nitrogens with zero attached hydrogens (tertiary/aromatic N) is 1. The average Bonchev–Trinajstić information content (AvgIpc) is 2.76. The summed E-state index contributed by atoms with van der Waals surface area (Å²) in [6.07, 6.45) is 3.07. The van der Waals surface area contributed by atoms with E-state index in [0.717, 1.165) is 29.7 Å². The van der Waals surface area contributed by atoms with Gasteiger partial charge in [0.05, 0.1) is 0 Å². The van der Waals surface area contributed by atoms with Crippen LogP contribution >= 0.6 is 23.4 Å². The monoisotopic (exact) mass is 446 g/mol. The van der Waals surface area contributed by atoms with Crippen LogP contribution in [0.25, 0.3) is 0 Å². The smallest absolute Gasteiger partial charge is 0.242 e. The Morgan fingerprint density at radius 1 is 1.10 bits per heavy atom. The first-order valence-electron chi connectivity index (χ1n) is 10.5. The third-order valence-electron chi connectivity index (χ3n) is 4.88. The second kappa shape index (κ2) is 13.3. The van der Waals surface area contributed by atoms with Gasteiger partial charge < -0.3 is 10.2 Å². The number of rotatable bonds is 12. The van der Waals surface area contributed by atoms with Gasteiger partial charge in [-0.3, -0.25) is 9.59 Å². The average molecular weight is 447 g/mol. The number of amides is 2. The van der Waals surface area contributed by atoms with Crippen molar-refractivity contribution in [2.45, 2.75) is 50.5 Å². The van der Waals surface area contributed by atoms with Crippen LogP contribution in [0.1, 0.15) is 38.7 Å². The molecule has 0 saturated heterocycles. The van der Waals surface area contributed by atoms with E-state index in [1.165, 1.54) is 0 Å². The maximum Gasteiger partial charge on any atom is 0.242 e. The summed E-state index contributed by atoms with van der Waals surface area (Å²) in [6, 6.07) is 17.2. The summed E-state index contributed by atoms with van der Waals surface area (Å²) in [7, 11) is 0. The lowest BCUT2D eigenvalue weighted by Gasteiger charge is -2.29. The lowest BCUT2D eigenvalue weighted by molar-refractivity contribution is -0.139. The molecule has 2 amide bonds. The number of carbonyl (C=O) groups is 2.